The van der Waals surface area contributed by atoms with E-state index >= 15 is 0 Å². The predicted octanol–water partition coefficient (Wildman–Crippen LogP) is -0.127. The number of hydrogen-bond donors (Lipinski definition) is 3. The van der Waals surface area contributed by atoms with Gasteiger partial charge >= 0.3 is 0 Å². The molecule has 0 atom stereocenters. The Morgan fingerprint density at radius 1 is 1.38 bits per heavy atom. The molecule has 4 heteroatoms. The van der Waals surface area contributed by atoms with Gasteiger partial charge < -0.3 is 15.7 Å². The summed E-state index contributed by atoms with van der Waals surface area (Å²) in [5.74, 6) is 0.0200. The highest BCUT2D eigenvalue weighted by atomic mass is 16.2. The second-order valence-electron chi connectivity index (χ2n) is 3.32. The van der Waals surface area contributed by atoms with Crippen molar-refractivity contribution in [1.29, 1.82) is 0 Å². The van der Waals surface area contributed by atoms with E-state index in [0.29, 0.717) is 19.1 Å². The third kappa shape index (κ3) is 9.30. The highest BCUT2D eigenvalue weighted by Crippen LogP contribution is 1.83. The molecule has 0 radical (unpaired) electrons. The standard InChI is InChI=1S/C9H20N2O2/c1-8(2)11-7-9(13)10-5-3-4-6-12/h8,11-12H,3-7H2,1-2H3,(H,10,13). The SMILES string of the molecule is CC(C)NCC(=O)NCCCCO. The molecule has 0 aromatic rings. The van der Waals surface area contributed by atoms with Crippen molar-refractivity contribution in [2.24, 2.45) is 0 Å². The third-order valence-electron chi connectivity index (χ3n) is 1.58. The van der Waals surface area contributed by atoms with E-state index in [1.165, 1.54) is 0 Å². The maximum absolute atomic E-state index is 11.1. The summed E-state index contributed by atoms with van der Waals surface area (Å²) in [5, 5.41) is 14.3. The van der Waals surface area contributed by atoms with Crippen LogP contribution in [0.1, 0.15) is 26.7 Å². The van der Waals surface area contributed by atoms with Crippen molar-refractivity contribution in [3.63, 3.8) is 0 Å². The topological polar surface area (TPSA) is 61.4 Å². The molecule has 0 aliphatic heterocycles. The normalized spacial score (nSPS) is 10.5. The van der Waals surface area contributed by atoms with Crippen LogP contribution in [0.4, 0.5) is 0 Å². The predicted molar refractivity (Wildman–Crippen MR) is 52.5 cm³/mol. The van der Waals surface area contributed by atoms with Crippen LogP contribution in [0.3, 0.4) is 0 Å². The minimum absolute atomic E-state index is 0.0200. The van der Waals surface area contributed by atoms with Crippen LogP contribution in [-0.4, -0.2) is 36.8 Å². The van der Waals surface area contributed by atoms with E-state index in [1.807, 2.05) is 13.8 Å². The Morgan fingerprint density at radius 2 is 2.08 bits per heavy atom. The summed E-state index contributed by atoms with van der Waals surface area (Å²) in [6.07, 6.45) is 1.59. The summed E-state index contributed by atoms with van der Waals surface area (Å²) in [6, 6.07) is 0.336. The summed E-state index contributed by atoms with van der Waals surface area (Å²) >= 11 is 0. The van der Waals surface area contributed by atoms with Gasteiger partial charge in [0.25, 0.3) is 0 Å². The molecule has 0 aromatic carbocycles. The number of carbonyl (C=O) groups excluding carboxylic acids is 1. The Hall–Kier alpha value is -0.610. The molecule has 78 valence electrons. The zero-order valence-corrected chi connectivity index (χ0v) is 8.47. The molecule has 3 N–H and O–H groups in total. The van der Waals surface area contributed by atoms with Crippen molar-refractivity contribution in [2.45, 2.75) is 32.7 Å². The number of carbonyl (C=O) groups is 1. The first-order chi connectivity index (χ1) is 6.16. The van der Waals surface area contributed by atoms with Crippen molar-refractivity contribution < 1.29 is 9.90 Å². The number of aliphatic hydroxyl groups is 1. The molecule has 0 spiro atoms. The second-order valence-corrected chi connectivity index (χ2v) is 3.32. The first-order valence-corrected chi connectivity index (χ1v) is 4.77. The molecule has 0 heterocycles. The van der Waals surface area contributed by atoms with E-state index < -0.39 is 0 Å². The van der Waals surface area contributed by atoms with Gasteiger partial charge in [-0.3, -0.25) is 4.79 Å². The molecule has 1 amide bonds. The smallest absolute Gasteiger partial charge is 0.233 e. The van der Waals surface area contributed by atoms with Crippen LogP contribution < -0.4 is 10.6 Å². The number of hydrogen-bond acceptors (Lipinski definition) is 3. The van der Waals surface area contributed by atoms with Crippen LogP contribution in [-0.2, 0) is 4.79 Å². The van der Waals surface area contributed by atoms with E-state index in [2.05, 4.69) is 10.6 Å². The molecule has 4 nitrogen and oxygen atoms in total. The monoisotopic (exact) mass is 188 g/mol. The fourth-order valence-corrected chi connectivity index (χ4v) is 0.824. The van der Waals surface area contributed by atoms with Crippen LogP contribution in [0.5, 0.6) is 0 Å². The van der Waals surface area contributed by atoms with Gasteiger partial charge in [-0.1, -0.05) is 13.8 Å². The van der Waals surface area contributed by atoms with Gasteiger partial charge in [0, 0.05) is 19.2 Å². The van der Waals surface area contributed by atoms with Crippen molar-refractivity contribution in [3.8, 4) is 0 Å². The lowest BCUT2D eigenvalue weighted by Crippen LogP contribution is -2.37. The Morgan fingerprint density at radius 3 is 2.62 bits per heavy atom. The van der Waals surface area contributed by atoms with Crippen LogP contribution in [0.2, 0.25) is 0 Å². The number of aliphatic hydroxyl groups excluding tert-OH is 1. The highest BCUT2D eigenvalue weighted by Gasteiger charge is 2.00. The lowest BCUT2D eigenvalue weighted by Gasteiger charge is -2.08. The zero-order chi connectivity index (χ0) is 10.1. The minimum Gasteiger partial charge on any atom is -0.396 e. The van der Waals surface area contributed by atoms with Crippen molar-refractivity contribution in [2.75, 3.05) is 19.7 Å². The molecule has 0 aromatic heterocycles. The van der Waals surface area contributed by atoms with Gasteiger partial charge in [0.2, 0.25) is 5.91 Å². The van der Waals surface area contributed by atoms with E-state index in [1.54, 1.807) is 0 Å². The number of nitrogens with one attached hydrogen (secondary N) is 2. The molecule has 0 bridgehead atoms. The maximum Gasteiger partial charge on any atom is 0.233 e. The van der Waals surface area contributed by atoms with Crippen molar-refractivity contribution in [1.82, 2.24) is 10.6 Å². The summed E-state index contributed by atoms with van der Waals surface area (Å²) in [7, 11) is 0. The van der Waals surface area contributed by atoms with Gasteiger partial charge in [0.1, 0.15) is 0 Å². The summed E-state index contributed by atoms with van der Waals surface area (Å²) in [4.78, 5) is 11.1. The Bertz CT molecular complexity index is 138. The van der Waals surface area contributed by atoms with Gasteiger partial charge in [-0.15, -0.1) is 0 Å². The molecule has 0 unspecified atom stereocenters. The van der Waals surface area contributed by atoms with Gasteiger partial charge in [-0.05, 0) is 12.8 Å². The molecule has 0 aliphatic carbocycles. The number of unbranched alkanes of at least 4 members (excludes halogenated alkanes) is 1. The van der Waals surface area contributed by atoms with Crippen LogP contribution in [0.25, 0.3) is 0 Å². The molecular weight excluding hydrogens is 168 g/mol. The average Bonchev–Trinajstić information content (AvgIpc) is 2.09. The second kappa shape index (κ2) is 8.01. The van der Waals surface area contributed by atoms with Gasteiger partial charge in [0.15, 0.2) is 0 Å². The largest absolute Gasteiger partial charge is 0.396 e. The molecule has 0 saturated carbocycles. The fourth-order valence-electron chi connectivity index (χ4n) is 0.824. The van der Waals surface area contributed by atoms with Gasteiger partial charge in [-0.25, -0.2) is 0 Å². The Balaban J connectivity index is 3.20. The quantitative estimate of drug-likeness (QED) is 0.488. The van der Waals surface area contributed by atoms with Crippen molar-refractivity contribution >= 4 is 5.91 Å². The molecular formula is C9H20N2O2. The molecule has 0 fully saturated rings. The summed E-state index contributed by atoms with van der Waals surface area (Å²) < 4.78 is 0. The van der Waals surface area contributed by atoms with E-state index in [9.17, 15) is 4.79 Å². The van der Waals surface area contributed by atoms with E-state index in [-0.39, 0.29) is 12.5 Å². The van der Waals surface area contributed by atoms with E-state index in [4.69, 9.17) is 5.11 Å². The molecule has 13 heavy (non-hydrogen) atoms. The van der Waals surface area contributed by atoms with E-state index in [0.717, 1.165) is 12.8 Å². The lowest BCUT2D eigenvalue weighted by atomic mass is 10.3. The van der Waals surface area contributed by atoms with Crippen LogP contribution in [0.15, 0.2) is 0 Å². The fraction of sp³-hybridized carbons (Fsp3) is 0.889. The first kappa shape index (κ1) is 12.4. The maximum atomic E-state index is 11.1. The molecule has 0 saturated heterocycles. The number of amides is 1. The molecule has 0 aliphatic rings. The highest BCUT2D eigenvalue weighted by molar-refractivity contribution is 5.77. The summed E-state index contributed by atoms with van der Waals surface area (Å²) in [5.41, 5.74) is 0. The summed E-state index contributed by atoms with van der Waals surface area (Å²) in [6.45, 7) is 5.22. The lowest BCUT2D eigenvalue weighted by molar-refractivity contribution is -0.120. The Kier molecular flexibility index (Phi) is 7.63. The minimum atomic E-state index is 0.0200. The Labute approximate surface area is 79.7 Å². The van der Waals surface area contributed by atoms with Gasteiger partial charge in [-0.2, -0.15) is 0 Å². The first-order valence-electron chi connectivity index (χ1n) is 4.77. The zero-order valence-electron chi connectivity index (χ0n) is 8.47. The molecule has 0 rings (SSSR count). The van der Waals surface area contributed by atoms with Crippen LogP contribution >= 0.6 is 0 Å². The average molecular weight is 188 g/mol. The number of rotatable bonds is 7. The van der Waals surface area contributed by atoms with Crippen LogP contribution in [0, 0.1) is 0 Å². The third-order valence-corrected chi connectivity index (χ3v) is 1.58. The van der Waals surface area contributed by atoms with Crippen molar-refractivity contribution in [3.05, 3.63) is 0 Å². The van der Waals surface area contributed by atoms with Gasteiger partial charge in [0.05, 0.1) is 6.54 Å².